The highest BCUT2D eigenvalue weighted by Gasteiger charge is 2.06. The number of hydrogen-bond donors (Lipinski definition) is 1. The Morgan fingerprint density at radius 1 is 1.17 bits per heavy atom. The first-order valence-corrected chi connectivity index (χ1v) is 5.75. The molecule has 0 atom stereocenters. The van der Waals surface area contributed by atoms with E-state index in [2.05, 4.69) is 5.11 Å². The molecule has 1 amide bonds. The first-order chi connectivity index (χ1) is 8.67. The lowest BCUT2D eigenvalue weighted by Gasteiger charge is -2.02. The Labute approximate surface area is 106 Å². The van der Waals surface area contributed by atoms with Gasteiger partial charge < -0.3 is 4.74 Å². The number of unbranched alkanes of at least 4 members (excludes halogenated alkanes) is 1. The zero-order valence-corrected chi connectivity index (χ0v) is 10.3. The van der Waals surface area contributed by atoms with E-state index in [-0.39, 0.29) is 12.2 Å². The summed E-state index contributed by atoms with van der Waals surface area (Å²) in [4.78, 5) is 22.5. The van der Waals surface area contributed by atoms with Crippen LogP contribution in [0.15, 0.2) is 29.4 Å². The number of nitrogens with zero attached hydrogens (tertiary/aromatic N) is 1. The lowest BCUT2D eigenvalue weighted by atomic mass is 10.0. The molecule has 0 aromatic heterocycles. The van der Waals surface area contributed by atoms with Gasteiger partial charge in [0.15, 0.2) is 5.78 Å². The summed E-state index contributed by atoms with van der Waals surface area (Å²) in [5.74, 6) is 0.328. The molecule has 1 aromatic rings. The molecule has 0 unspecified atom stereocenters. The number of amides is 1. The molecule has 0 saturated carbocycles. The van der Waals surface area contributed by atoms with Crippen molar-refractivity contribution in [3.8, 4) is 5.75 Å². The van der Waals surface area contributed by atoms with Crippen LogP contribution in [0.25, 0.3) is 0 Å². The Balaban J connectivity index is 2.36. The average molecular weight is 248 g/mol. The highest BCUT2D eigenvalue weighted by molar-refractivity contribution is 5.96. The Kier molecular flexibility index (Phi) is 5.70. The van der Waals surface area contributed by atoms with Crippen LogP contribution in [0.5, 0.6) is 5.75 Å². The molecular formula is C13H16N2O3. The third-order valence-electron chi connectivity index (χ3n) is 2.58. The van der Waals surface area contributed by atoms with Gasteiger partial charge in [-0.1, -0.05) is 0 Å². The van der Waals surface area contributed by atoms with Crippen LogP contribution < -0.4 is 4.74 Å². The van der Waals surface area contributed by atoms with Crippen molar-refractivity contribution >= 4 is 11.7 Å². The van der Waals surface area contributed by atoms with Crippen LogP contribution in [0.1, 0.15) is 36.0 Å². The molecule has 0 fully saturated rings. The standard InChI is InChI=1S/C13H16N2O3/c1-18-11-8-6-10(7-9-11)12(16)4-2-3-5-13(17)15-14/h6-9,14H,2-5H2,1H3. The number of ether oxygens (including phenoxy) is 1. The topological polar surface area (TPSA) is 79.6 Å². The summed E-state index contributed by atoms with van der Waals surface area (Å²) in [6, 6.07) is 6.95. The summed E-state index contributed by atoms with van der Waals surface area (Å²) in [5, 5.41) is 2.79. The normalized spacial score (nSPS) is 9.83. The third-order valence-corrected chi connectivity index (χ3v) is 2.58. The van der Waals surface area contributed by atoms with Crippen molar-refractivity contribution in [2.75, 3.05) is 7.11 Å². The highest BCUT2D eigenvalue weighted by Crippen LogP contribution is 2.14. The summed E-state index contributed by atoms with van der Waals surface area (Å²) >= 11 is 0. The fraction of sp³-hybridized carbons (Fsp3) is 0.385. The quantitative estimate of drug-likeness (QED) is 0.457. The lowest BCUT2D eigenvalue weighted by Crippen LogP contribution is -2.00. The molecule has 0 bridgehead atoms. The van der Waals surface area contributed by atoms with Crippen molar-refractivity contribution in [1.82, 2.24) is 0 Å². The van der Waals surface area contributed by atoms with Gasteiger partial charge in [0, 0.05) is 18.4 Å². The Bertz CT molecular complexity index is 426. The zero-order chi connectivity index (χ0) is 13.4. The molecule has 0 aliphatic rings. The van der Waals surface area contributed by atoms with E-state index in [1.807, 2.05) is 0 Å². The second-order valence-corrected chi connectivity index (χ2v) is 3.86. The maximum Gasteiger partial charge on any atom is 0.264 e. The summed E-state index contributed by atoms with van der Waals surface area (Å²) < 4.78 is 5.01. The van der Waals surface area contributed by atoms with Crippen LogP contribution in [-0.4, -0.2) is 18.8 Å². The molecule has 18 heavy (non-hydrogen) atoms. The molecule has 0 heterocycles. The van der Waals surface area contributed by atoms with Crippen LogP contribution in [-0.2, 0) is 4.79 Å². The van der Waals surface area contributed by atoms with Crippen LogP contribution in [0.3, 0.4) is 0 Å². The van der Waals surface area contributed by atoms with Gasteiger partial charge in [-0.15, -0.1) is 5.11 Å². The molecule has 96 valence electrons. The fourth-order valence-corrected chi connectivity index (χ4v) is 1.54. The summed E-state index contributed by atoms with van der Waals surface area (Å²) in [5.41, 5.74) is 7.14. The summed E-state index contributed by atoms with van der Waals surface area (Å²) in [7, 11) is 1.57. The summed E-state index contributed by atoms with van der Waals surface area (Å²) in [6.07, 6.45) is 1.85. The van der Waals surface area contributed by atoms with E-state index >= 15 is 0 Å². The smallest absolute Gasteiger partial charge is 0.264 e. The molecule has 1 N–H and O–H groups in total. The molecule has 0 radical (unpaired) electrons. The van der Waals surface area contributed by atoms with E-state index in [0.29, 0.717) is 30.6 Å². The van der Waals surface area contributed by atoms with Gasteiger partial charge in [0.2, 0.25) is 0 Å². The average Bonchev–Trinajstić information content (AvgIpc) is 2.43. The predicted octanol–water partition coefficient (Wildman–Crippen LogP) is 3.00. The number of ketones is 1. The van der Waals surface area contributed by atoms with Gasteiger partial charge in [-0.3, -0.25) is 9.59 Å². The van der Waals surface area contributed by atoms with Crippen molar-refractivity contribution in [3.63, 3.8) is 0 Å². The molecular weight excluding hydrogens is 232 g/mol. The minimum Gasteiger partial charge on any atom is -0.497 e. The summed E-state index contributed by atoms with van der Waals surface area (Å²) in [6.45, 7) is 0. The van der Waals surface area contributed by atoms with Crippen LogP contribution in [0.4, 0.5) is 0 Å². The van der Waals surface area contributed by atoms with Crippen molar-refractivity contribution in [2.45, 2.75) is 25.7 Å². The first-order valence-electron chi connectivity index (χ1n) is 5.75. The molecule has 5 heteroatoms. The molecule has 1 rings (SSSR count). The monoisotopic (exact) mass is 248 g/mol. The van der Waals surface area contributed by atoms with Crippen molar-refractivity contribution < 1.29 is 14.3 Å². The van der Waals surface area contributed by atoms with E-state index in [9.17, 15) is 9.59 Å². The Hall–Kier alpha value is -2.04. The highest BCUT2D eigenvalue weighted by atomic mass is 16.5. The lowest BCUT2D eigenvalue weighted by molar-refractivity contribution is -0.118. The van der Waals surface area contributed by atoms with E-state index in [1.54, 1.807) is 31.4 Å². The van der Waals surface area contributed by atoms with Gasteiger partial charge in [-0.2, -0.15) is 0 Å². The minimum absolute atomic E-state index is 0.0490. The molecule has 0 spiro atoms. The van der Waals surface area contributed by atoms with Gasteiger partial charge in [-0.25, -0.2) is 5.53 Å². The number of nitrogens with one attached hydrogen (secondary N) is 1. The Morgan fingerprint density at radius 2 is 1.78 bits per heavy atom. The largest absolute Gasteiger partial charge is 0.497 e. The molecule has 5 nitrogen and oxygen atoms in total. The number of hydrogen-bond acceptors (Lipinski definition) is 4. The van der Waals surface area contributed by atoms with Crippen LogP contribution in [0.2, 0.25) is 0 Å². The molecule has 1 aromatic carbocycles. The first kappa shape index (κ1) is 14.0. The number of carbonyl (C=O) groups is 2. The van der Waals surface area contributed by atoms with E-state index < -0.39 is 5.91 Å². The number of benzene rings is 1. The Morgan fingerprint density at radius 3 is 2.33 bits per heavy atom. The van der Waals surface area contributed by atoms with Gasteiger partial charge >= 0.3 is 0 Å². The van der Waals surface area contributed by atoms with Crippen molar-refractivity contribution in [2.24, 2.45) is 5.11 Å². The van der Waals surface area contributed by atoms with Crippen molar-refractivity contribution in [1.29, 1.82) is 5.53 Å². The van der Waals surface area contributed by atoms with Gasteiger partial charge in [0.1, 0.15) is 5.75 Å². The van der Waals surface area contributed by atoms with Gasteiger partial charge in [-0.05, 0) is 37.1 Å². The number of Topliss-reactive ketones (excluding diaryl/α,β-unsaturated/α-hetero) is 1. The van der Waals surface area contributed by atoms with Crippen LogP contribution in [0, 0.1) is 5.53 Å². The SMILES string of the molecule is COc1ccc(C(=O)CCCCC(=O)N=N)cc1. The minimum atomic E-state index is -0.438. The number of carbonyl (C=O) groups excluding carboxylic acids is 2. The van der Waals surface area contributed by atoms with E-state index in [1.165, 1.54) is 0 Å². The van der Waals surface area contributed by atoms with Crippen LogP contribution >= 0.6 is 0 Å². The second-order valence-electron chi connectivity index (χ2n) is 3.86. The maximum absolute atomic E-state index is 11.8. The third kappa shape index (κ3) is 4.45. The predicted molar refractivity (Wildman–Crippen MR) is 65.9 cm³/mol. The van der Waals surface area contributed by atoms with E-state index in [0.717, 1.165) is 0 Å². The maximum atomic E-state index is 11.8. The zero-order valence-electron chi connectivity index (χ0n) is 10.3. The van der Waals surface area contributed by atoms with Gasteiger partial charge in [0.25, 0.3) is 5.91 Å². The number of rotatable bonds is 7. The molecule has 0 aliphatic carbocycles. The molecule has 0 saturated heterocycles. The number of methoxy groups -OCH3 is 1. The second kappa shape index (κ2) is 7.32. The van der Waals surface area contributed by atoms with Crippen molar-refractivity contribution in [3.05, 3.63) is 29.8 Å². The fourth-order valence-electron chi connectivity index (χ4n) is 1.54. The van der Waals surface area contributed by atoms with Gasteiger partial charge in [0.05, 0.1) is 7.11 Å². The molecule has 0 aliphatic heterocycles. The van der Waals surface area contributed by atoms with E-state index in [4.69, 9.17) is 10.3 Å².